The normalized spacial score (nSPS) is 19.7. The number of aromatic nitrogens is 1. The lowest BCUT2D eigenvalue weighted by Gasteiger charge is -2.36. The number of nitriles is 1. The first-order chi connectivity index (χ1) is 15.0. The van der Waals surface area contributed by atoms with Crippen LogP contribution in [0.1, 0.15) is 32.9 Å². The van der Waals surface area contributed by atoms with E-state index in [4.69, 9.17) is 14.8 Å². The molecule has 1 aromatic carbocycles. The highest BCUT2D eigenvalue weighted by Crippen LogP contribution is 2.38. The molecular formula is C24H30N4O2S. The number of thioether (sulfide) groups is 1. The second-order valence-electron chi connectivity index (χ2n) is 8.79. The molecule has 2 aliphatic rings. The number of ether oxygens (including phenoxy) is 1. The minimum atomic E-state index is -0.249. The third-order valence-corrected chi connectivity index (χ3v) is 6.94. The van der Waals surface area contributed by atoms with Crippen LogP contribution in [0.3, 0.4) is 0 Å². The van der Waals surface area contributed by atoms with Gasteiger partial charge in [0.2, 0.25) is 0 Å². The van der Waals surface area contributed by atoms with Gasteiger partial charge in [0.15, 0.2) is 0 Å². The molecule has 1 aromatic heterocycles. The van der Waals surface area contributed by atoms with E-state index in [0.717, 1.165) is 55.4 Å². The molecule has 2 aromatic rings. The zero-order valence-electron chi connectivity index (χ0n) is 18.5. The Bertz CT molecular complexity index is 942. The summed E-state index contributed by atoms with van der Waals surface area (Å²) in [7, 11) is 0. The van der Waals surface area contributed by atoms with E-state index in [0.29, 0.717) is 18.4 Å². The van der Waals surface area contributed by atoms with Gasteiger partial charge >= 0.3 is 0 Å². The van der Waals surface area contributed by atoms with Crippen molar-refractivity contribution in [3.05, 3.63) is 42.2 Å². The summed E-state index contributed by atoms with van der Waals surface area (Å²) in [4.78, 5) is 14.4. The van der Waals surface area contributed by atoms with Gasteiger partial charge in [-0.3, -0.25) is 19.8 Å². The minimum absolute atomic E-state index is 0.249. The van der Waals surface area contributed by atoms with Crippen molar-refractivity contribution in [2.75, 3.05) is 43.9 Å². The minimum Gasteiger partial charge on any atom is -0.379 e. The summed E-state index contributed by atoms with van der Waals surface area (Å²) in [6.45, 7) is 10.7. The zero-order chi connectivity index (χ0) is 21.8. The number of benzene rings is 1. The van der Waals surface area contributed by atoms with E-state index < -0.39 is 0 Å². The number of fused-ring (bicyclic) bond motifs is 1. The predicted octanol–water partition coefficient (Wildman–Crippen LogP) is 4.46. The summed E-state index contributed by atoms with van der Waals surface area (Å²) >= 11 is 1.73. The number of hydrogen-bond donors (Lipinski definition) is 0. The number of pyridine rings is 1. The van der Waals surface area contributed by atoms with Gasteiger partial charge in [-0.15, -0.1) is 0 Å². The van der Waals surface area contributed by atoms with E-state index in [1.165, 1.54) is 4.90 Å². The molecule has 0 radical (unpaired) electrons. The van der Waals surface area contributed by atoms with Gasteiger partial charge in [0, 0.05) is 53.3 Å². The lowest BCUT2D eigenvalue weighted by atomic mass is 9.85. The quantitative estimate of drug-likeness (QED) is 0.660. The maximum atomic E-state index is 9.07. The van der Waals surface area contributed by atoms with Crippen LogP contribution in [0.4, 0.5) is 5.69 Å². The Kier molecular flexibility index (Phi) is 6.83. The first-order valence-electron chi connectivity index (χ1n) is 10.8. The smallest absolute Gasteiger partial charge is 0.125 e. The Hall–Kier alpha value is -2.11. The Labute approximate surface area is 189 Å². The van der Waals surface area contributed by atoms with Crippen LogP contribution in [0.2, 0.25) is 0 Å². The molecule has 6 nitrogen and oxygen atoms in total. The van der Waals surface area contributed by atoms with Crippen molar-refractivity contribution in [3.63, 3.8) is 0 Å². The van der Waals surface area contributed by atoms with Crippen LogP contribution in [-0.4, -0.2) is 54.7 Å². The first kappa shape index (κ1) is 22.1. The second-order valence-corrected chi connectivity index (χ2v) is 9.75. The molecule has 0 saturated carbocycles. The van der Waals surface area contributed by atoms with E-state index in [-0.39, 0.29) is 5.41 Å². The molecule has 2 aliphatic heterocycles. The van der Waals surface area contributed by atoms with Gasteiger partial charge in [-0.05, 0) is 30.7 Å². The Morgan fingerprint density at radius 1 is 1.23 bits per heavy atom. The zero-order valence-corrected chi connectivity index (χ0v) is 19.3. The molecule has 1 unspecified atom stereocenters. The van der Waals surface area contributed by atoms with Crippen molar-refractivity contribution in [1.29, 1.82) is 5.26 Å². The Balaban J connectivity index is 1.51. The lowest BCUT2D eigenvalue weighted by Crippen LogP contribution is -2.47. The molecule has 4 rings (SSSR count). The molecule has 1 fully saturated rings. The highest BCUT2D eigenvalue weighted by Gasteiger charge is 2.24. The summed E-state index contributed by atoms with van der Waals surface area (Å²) < 4.78 is 5.56. The van der Waals surface area contributed by atoms with Gasteiger partial charge in [0.05, 0.1) is 31.5 Å². The fraction of sp³-hybridized carbons (Fsp3) is 0.500. The molecule has 0 aliphatic carbocycles. The number of morpholine rings is 1. The van der Waals surface area contributed by atoms with E-state index in [2.05, 4.69) is 61.0 Å². The summed E-state index contributed by atoms with van der Waals surface area (Å²) in [5.41, 5.74) is 3.99. The van der Waals surface area contributed by atoms with Crippen molar-refractivity contribution < 1.29 is 9.57 Å². The van der Waals surface area contributed by atoms with Crippen LogP contribution in [-0.2, 0) is 15.0 Å². The SMILES string of the molecule is CC1COCCN1CCN1OCSc2ccc(-c3ccc(C(C)(C)CC#N)nc3)cc21. The third-order valence-electron chi connectivity index (χ3n) is 6.06. The molecule has 3 heterocycles. The van der Waals surface area contributed by atoms with Crippen LogP contribution in [0, 0.1) is 11.3 Å². The predicted molar refractivity (Wildman–Crippen MR) is 124 cm³/mol. The summed E-state index contributed by atoms with van der Waals surface area (Å²) in [5.74, 6) is 0.634. The van der Waals surface area contributed by atoms with Crippen molar-refractivity contribution in [2.45, 2.75) is 43.5 Å². The van der Waals surface area contributed by atoms with Gasteiger partial charge in [0.1, 0.15) is 5.94 Å². The molecule has 1 saturated heterocycles. The monoisotopic (exact) mass is 438 g/mol. The number of hydrogen-bond acceptors (Lipinski definition) is 7. The average Bonchev–Trinajstić information content (AvgIpc) is 2.78. The molecule has 31 heavy (non-hydrogen) atoms. The fourth-order valence-electron chi connectivity index (χ4n) is 3.99. The van der Waals surface area contributed by atoms with Crippen LogP contribution >= 0.6 is 11.8 Å². The van der Waals surface area contributed by atoms with E-state index in [1.54, 1.807) is 11.8 Å². The molecule has 0 bridgehead atoms. The van der Waals surface area contributed by atoms with E-state index >= 15 is 0 Å². The molecule has 1 atom stereocenters. The largest absolute Gasteiger partial charge is 0.379 e. The molecule has 0 spiro atoms. The van der Waals surface area contributed by atoms with Gasteiger partial charge in [0.25, 0.3) is 0 Å². The Morgan fingerprint density at radius 2 is 2.06 bits per heavy atom. The van der Waals surface area contributed by atoms with Crippen LogP contribution in [0.25, 0.3) is 11.1 Å². The van der Waals surface area contributed by atoms with Crippen LogP contribution < -0.4 is 5.06 Å². The summed E-state index contributed by atoms with van der Waals surface area (Å²) in [5, 5.41) is 11.1. The molecule has 0 amide bonds. The number of anilines is 1. The average molecular weight is 439 g/mol. The van der Waals surface area contributed by atoms with Crippen molar-refractivity contribution in [3.8, 4) is 17.2 Å². The summed E-state index contributed by atoms with van der Waals surface area (Å²) in [6.07, 6.45) is 2.36. The van der Waals surface area contributed by atoms with Crippen molar-refractivity contribution >= 4 is 17.4 Å². The third kappa shape index (κ3) is 5.04. The second kappa shape index (κ2) is 9.58. The van der Waals surface area contributed by atoms with Gasteiger partial charge < -0.3 is 4.74 Å². The molecule has 0 N–H and O–H groups in total. The van der Waals surface area contributed by atoms with Crippen molar-refractivity contribution in [1.82, 2.24) is 9.88 Å². The molecule has 7 heteroatoms. The standard InChI is InChI=1S/C24H30N4O2S/c1-18-16-29-13-12-27(18)10-11-28-21-14-19(4-6-22(21)31-17-30-28)20-5-7-23(26-15-20)24(2,3)8-9-25/h4-7,14-15,18H,8,10-13,16-17H2,1-3H3. The number of nitrogens with zero attached hydrogens (tertiary/aromatic N) is 4. The van der Waals surface area contributed by atoms with Crippen LogP contribution in [0.5, 0.6) is 0 Å². The number of hydroxylamine groups is 1. The molecular weight excluding hydrogens is 408 g/mol. The summed E-state index contributed by atoms with van der Waals surface area (Å²) in [6, 6.07) is 13.4. The number of rotatable bonds is 6. The van der Waals surface area contributed by atoms with Gasteiger partial charge in [-0.1, -0.05) is 37.7 Å². The van der Waals surface area contributed by atoms with Crippen molar-refractivity contribution in [2.24, 2.45) is 0 Å². The highest BCUT2D eigenvalue weighted by atomic mass is 32.2. The highest BCUT2D eigenvalue weighted by molar-refractivity contribution is 7.99. The maximum absolute atomic E-state index is 9.07. The van der Waals surface area contributed by atoms with Gasteiger partial charge in [-0.2, -0.15) is 5.26 Å². The topological polar surface area (TPSA) is 61.6 Å². The fourth-order valence-corrected chi connectivity index (χ4v) is 4.77. The van der Waals surface area contributed by atoms with Crippen LogP contribution in [0.15, 0.2) is 41.4 Å². The Morgan fingerprint density at radius 3 is 2.81 bits per heavy atom. The van der Waals surface area contributed by atoms with E-state index in [1.807, 2.05) is 17.3 Å². The lowest BCUT2D eigenvalue weighted by molar-refractivity contribution is -0.00241. The van der Waals surface area contributed by atoms with Gasteiger partial charge in [-0.25, -0.2) is 0 Å². The first-order valence-corrected chi connectivity index (χ1v) is 11.8. The van der Waals surface area contributed by atoms with E-state index in [9.17, 15) is 0 Å². The molecule has 164 valence electrons. The maximum Gasteiger partial charge on any atom is 0.125 e.